The van der Waals surface area contributed by atoms with Gasteiger partial charge in [-0.1, -0.05) is 0 Å². The van der Waals surface area contributed by atoms with Gasteiger partial charge >= 0.3 is 8.80 Å². The Bertz CT molecular complexity index is 251. The average Bonchev–Trinajstić information content (AvgIpc) is 2.41. The zero-order valence-corrected chi connectivity index (χ0v) is 14.7. The van der Waals surface area contributed by atoms with Gasteiger partial charge in [-0.3, -0.25) is 0 Å². The highest BCUT2D eigenvalue weighted by Crippen LogP contribution is 2.33. The first-order valence-electron chi connectivity index (χ1n) is 7.80. The van der Waals surface area contributed by atoms with Gasteiger partial charge in [-0.05, 0) is 52.4 Å². The van der Waals surface area contributed by atoms with Crippen LogP contribution < -0.4 is 0 Å². The van der Waals surface area contributed by atoms with Gasteiger partial charge < -0.3 is 18.4 Å². The van der Waals surface area contributed by atoms with Crippen molar-refractivity contribution in [2.45, 2.75) is 64.0 Å². The molecule has 120 valence electrons. The topological polar surface area (TPSA) is 47.9 Å². The van der Waals surface area contributed by atoms with Crippen molar-refractivity contribution in [2.24, 2.45) is 5.92 Å². The third-order valence-electron chi connectivity index (χ3n) is 3.79. The van der Waals surface area contributed by atoms with Crippen LogP contribution in [-0.2, 0) is 13.3 Å². The maximum Gasteiger partial charge on any atom is 0.500 e. The molecule has 1 rings (SSSR count). The highest BCUT2D eigenvalue weighted by Gasteiger charge is 2.41. The summed E-state index contributed by atoms with van der Waals surface area (Å²) in [4.78, 5) is 0. The van der Waals surface area contributed by atoms with Crippen LogP contribution in [-0.4, -0.2) is 45.2 Å². The number of halogens is 1. The predicted molar refractivity (Wildman–Crippen MR) is 83.0 cm³/mol. The van der Waals surface area contributed by atoms with Crippen LogP contribution in [0.4, 0.5) is 0 Å². The van der Waals surface area contributed by atoms with Crippen molar-refractivity contribution in [3.8, 4) is 0 Å². The van der Waals surface area contributed by atoms with Gasteiger partial charge in [0.05, 0.1) is 11.5 Å². The Morgan fingerprint density at radius 1 is 1.05 bits per heavy atom. The van der Waals surface area contributed by atoms with E-state index in [-0.39, 0.29) is 11.5 Å². The van der Waals surface area contributed by atoms with Crippen LogP contribution in [0.25, 0.3) is 0 Å². The molecule has 0 aromatic rings. The zero-order valence-electron chi connectivity index (χ0n) is 12.9. The van der Waals surface area contributed by atoms with Crippen LogP contribution in [0.15, 0.2) is 0 Å². The van der Waals surface area contributed by atoms with Crippen LogP contribution in [0.3, 0.4) is 0 Å². The summed E-state index contributed by atoms with van der Waals surface area (Å²) in [6.45, 7) is 7.77. The molecule has 0 heterocycles. The van der Waals surface area contributed by atoms with Gasteiger partial charge in [0, 0.05) is 25.9 Å². The lowest BCUT2D eigenvalue weighted by Gasteiger charge is -2.33. The monoisotopic (exact) mass is 324 g/mol. The Balaban J connectivity index is 2.52. The van der Waals surface area contributed by atoms with E-state index < -0.39 is 8.80 Å². The standard InChI is InChI=1S/C14H29ClO4Si/c1-4-17-20(18-5-2,19-6-3)10-9-12-7-8-13(15)14(16)11-12/h12-14,16H,4-11H2,1-3H3. The Morgan fingerprint density at radius 3 is 2.05 bits per heavy atom. The lowest BCUT2D eigenvalue weighted by atomic mass is 9.85. The van der Waals surface area contributed by atoms with Gasteiger partial charge in [-0.25, -0.2) is 0 Å². The fourth-order valence-corrected chi connectivity index (χ4v) is 5.83. The molecule has 1 aliphatic carbocycles. The number of aliphatic hydroxyl groups is 1. The number of alkyl halides is 1. The second-order valence-electron chi connectivity index (χ2n) is 5.28. The molecular formula is C14H29ClO4Si. The highest BCUT2D eigenvalue weighted by atomic mass is 35.5. The van der Waals surface area contributed by atoms with E-state index in [2.05, 4.69) is 0 Å². The molecule has 20 heavy (non-hydrogen) atoms. The van der Waals surface area contributed by atoms with Crippen LogP contribution in [0.1, 0.15) is 46.5 Å². The Hall–Kier alpha value is 0.347. The van der Waals surface area contributed by atoms with Crippen molar-refractivity contribution in [3.63, 3.8) is 0 Å². The van der Waals surface area contributed by atoms with Crippen molar-refractivity contribution >= 4 is 20.4 Å². The lowest BCUT2D eigenvalue weighted by Crippen LogP contribution is -2.46. The van der Waals surface area contributed by atoms with Gasteiger partial charge in [-0.15, -0.1) is 11.6 Å². The lowest BCUT2D eigenvalue weighted by molar-refractivity contribution is 0.0647. The molecule has 4 nitrogen and oxygen atoms in total. The summed E-state index contributed by atoms with van der Waals surface area (Å²) in [7, 11) is -2.53. The fourth-order valence-electron chi connectivity index (χ4n) is 2.84. The van der Waals surface area contributed by atoms with E-state index in [1.165, 1.54) is 0 Å². The second-order valence-corrected chi connectivity index (χ2v) is 8.58. The maximum atomic E-state index is 9.87. The summed E-state index contributed by atoms with van der Waals surface area (Å²) in [5.74, 6) is 0.494. The van der Waals surface area contributed by atoms with Crippen LogP contribution in [0, 0.1) is 5.92 Å². The Kier molecular flexibility index (Phi) is 8.63. The molecule has 0 saturated heterocycles. The Labute approximate surface area is 129 Å². The fraction of sp³-hybridized carbons (Fsp3) is 1.00. The summed E-state index contributed by atoms with van der Waals surface area (Å²) in [6.07, 6.45) is 3.34. The molecule has 3 atom stereocenters. The molecule has 6 heteroatoms. The van der Waals surface area contributed by atoms with E-state index >= 15 is 0 Å². The number of rotatable bonds is 9. The summed E-state index contributed by atoms with van der Waals surface area (Å²) in [5.41, 5.74) is 0. The molecule has 0 spiro atoms. The molecule has 1 N–H and O–H groups in total. The maximum absolute atomic E-state index is 9.87. The molecular weight excluding hydrogens is 296 g/mol. The number of hydrogen-bond donors (Lipinski definition) is 1. The SMILES string of the molecule is CCO[Si](CCC1CCC(Cl)C(O)C1)(OCC)OCC. The van der Waals surface area contributed by atoms with Crippen molar-refractivity contribution in [3.05, 3.63) is 0 Å². The molecule has 0 amide bonds. The van der Waals surface area contributed by atoms with Crippen LogP contribution in [0.2, 0.25) is 6.04 Å². The first kappa shape index (κ1) is 18.4. The molecule has 0 aliphatic heterocycles. The summed E-state index contributed by atoms with van der Waals surface area (Å²) in [5, 5.41) is 9.79. The van der Waals surface area contributed by atoms with Crippen molar-refractivity contribution in [1.82, 2.24) is 0 Å². The number of aliphatic hydroxyl groups excluding tert-OH is 1. The van der Waals surface area contributed by atoms with E-state index in [0.29, 0.717) is 25.7 Å². The molecule has 1 fully saturated rings. The summed E-state index contributed by atoms with van der Waals surface area (Å²) in [6, 6.07) is 0.826. The van der Waals surface area contributed by atoms with E-state index in [4.69, 9.17) is 24.9 Å². The van der Waals surface area contributed by atoms with Crippen LogP contribution in [0.5, 0.6) is 0 Å². The highest BCUT2D eigenvalue weighted by molar-refractivity contribution is 6.60. The molecule has 3 unspecified atom stereocenters. The van der Waals surface area contributed by atoms with Gasteiger partial charge in [0.15, 0.2) is 0 Å². The van der Waals surface area contributed by atoms with E-state index in [1.807, 2.05) is 20.8 Å². The minimum absolute atomic E-state index is 0.0843. The van der Waals surface area contributed by atoms with Gasteiger partial charge in [0.1, 0.15) is 0 Å². The zero-order chi connectivity index (χ0) is 15.0. The van der Waals surface area contributed by atoms with Crippen molar-refractivity contribution < 1.29 is 18.4 Å². The molecule has 0 aromatic carbocycles. The molecule has 1 aliphatic rings. The summed E-state index contributed by atoms with van der Waals surface area (Å²) < 4.78 is 17.6. The second kappa shape index (κ2) is 9.38. The van der Waals surface area contributed by atoms with Crippen molar-refractivity contribution in [1.29, 1.82) is 0 Å². The number of hydrogen-bond acceptors (Lipinski definition) is 4. The summed E-state index contributed by atoms with van der Waals surface area (Å²) >= 11 is 6.06. The molecule has 0 aromatic heterocycles. The van der Waals surface area contributed by atoms with E-state index in [0.717, 1.165) is 31.7 Å². The molecule has 1 saturated carbocycles. The van der Waals surface area contributed by atoms with Gasteiger partial charge in [0.25, 0.3) is 0 Å². The minimum atomic E-state index is -2.53. The first-order valence-corrected chi connectivity index (χ1v) is 10.2. The van der Waals surface area contributed by atoms with Crippen LogP contribution >= 0.6 is 11.6 Å². The Morgan fingerprint density at radius 2 is 1.60 bits per heavy atom. The van der Waals surface area contributed by atoms with Gasteiger partial charge in [-0.2, -0.15) is 0 Å². The third-order valence-corrected chi connectivity index (χ3v) is 7.39. The van der Waals surface area contributed by atoms with E-state index in [1.54, 1.807) is 0 Å². The van der Waals surface area contributed by atoms with E-state index in [9.17, 15) is 5.11 Å². The largest absolute Gasteiger partial charge is 0.500 e. The smallest absolute Gasteiger partial charge is 0.392 e. The predicted octanol–water partition coefficient (Wildman–Crippen LogP) is 3.19. The van der Waals surface area contributed by atoms with Crippen molar-refractivity contribution in [2.75, 3.05) is 19.8 Å². The molecule has 0 bridgehead atoms. The van der Waals surface area contributed by atoms with Gasteiger partial charge in [0.2, 0.25) is 0 Å². The average molecular weight is 325 g/mol. The quantitative estimate of drug-likeness (QED) is 0.522. The minimum Gasteiger partial charge on any atom is -0.392 e. The molecule has 0 radical (unpaired) electrons. The third kappa shape index (κ3) is 5.62. The normalized spacial score (nSPS) is 27.8. The first-order chi connectivity index (χ1) is 9.56.